The van der Waals surface area contributed by atoms with Crippen molar-refractivity contribution in [1.82, 2.24) is 0 Å². The smallest absolute Gasteiger partial charge is 0.0630 e. The van der Waals surface area contributed by atoms with Gasteiger partial charge in [-0.1, -0.05) is 127 Å². The fraction of sp³-hybridized carbons (Fsp3) is 0. The quantitative estimate of drug-likeness (QED) is 0.225. The summed E-state index contributed by atoms with van der Waals surface area (Å²) < 4.78 is 79.9. The first-order valence-corrected chi connectivity index (χ1v) is 12.0. The van der Waals surface area contributed by atoms with E-state index in [0.29, 0.717) is 43.1 Å². The zero-order valence-corrected chi connectivity index (χ0v) is 19.2. The molecule has 0 atom stereocenters. The first-order chi connectivity index (χ1) is 21.1. The molecule has 0 N–H and O–H groups in total. The van der Waals surface area contributed by atoms with E-state index in [-0.39, 0.29) is 41.8 Å². The Kier molecular flexibility index (Phi) is 3.07. The summed E-state index contributed by atoms with van der Waals surface area (Å²) in [6.45, 7) is 0. The Morgan fingerprint density at radius 2 is 1.00 bits per heavy atom. The van der Waals surface area contributed by atoms with Crippen LogP contribution >= 0.6 is 11.3 Å². The maximum Gasteiger partial charge on any atom is 0.0630 e. The molecule has 0 aliphatic carbocycles. The molecular weight excluding hydrogens is 440 g/mol. The van der Waals surface area contributed by atoms with Gasteiger partial charge in [0.25, 0.3) is 0 Å². The van der Waals surface area contributed by atoms with Gasteiger partial charge in [-0.05, 0) is 49.9 Å². The van der Waals surface area contributed by atoms with Gasteiger partial charge in [-0.15, -0.1) is 11.3 Å². The third kappa shape index (κ3) is 3.20. The van der Waals surface area contributed by atoms with Gasteiger partial charge in [-0.2, -0.15) is 0 Å². The third-order valence-electron chi connectivity index (χ3n) is 6.21. The van der Waals surface area contributed by atoms with Crippen LogP contribution in [0, 0.1) is 0 Å². The number of hydrogen-bond acceptors (Lipinski definition) is 1. The molecule has 7 rings (SSSR count). The van der Waals surface area contributed by atoms with Gasteiger partial charge in [0.05, 0.1) is 12.3 Å². The second-order valence-electron chi connectivity index (χ2n) is 8.16. The molecule has 0 radical (unpaired) electrons. The van der Waals surface area contributed by atoms with E-state index in [9.17, 15) is 2.74 Å². The van der Waals surface area contributed by atoms with Gasteiger partial charge in [-0.3, -0.25) is 0 Å². The van der Waals surface area contributed by atoms with Crippen molar-refractivity contribution in [3.05, 3.63) is 133 Å². The first-order valence-electron chi connectivity index (χ1n) is 15.7. The summed E-state index contributed by atoms with van der Waals surface area (Å²) in [5.74, 6) is 0. The van der Waals surface area contributed by atoms with Crippen LogP contribution < -0.4 is 0 Å². The molecule has 0 unspecified atom stereocenters. The topological polar surface area (TPSA) is 0 Å². The Labute approximate surface area is 221 Å². The van der Waals surface area contributed by atoms with Gasteiger partial charge in [-0.25, -0.2) is 0 Å². The molecule has 0 fully saturated rings. The molecule has 0 nitrogen and oxygen atoms in total. The lowest BCUT2D eigenvalue weighted by atomic mass is 9.85. The fourth-order valence-electron chi connectivity index (χ4n) is 4.80. The molecule has 7 aromatic rings. The summed E-state index contributed by atoms with van der Waals surface area (Å²) in [5, 5.41) is 2.43. The van der Waals surface area contributed by atoms with E-state index in [1.54, 1.807) is 24.3 Å². The Bertz CT molecular complexity index is 2230. The predicted octanol–water partition coefficient (Wildman–Crippen LogP) is 10.2. The van der Waals surface area contributed by atoms with E-state index in [0.717, 1.165) is 15.6 Å². The van der Waals surface area contributed by atoms with E-state index in [2.05, 4.69) is 0 Å². The highest BCUT2D eigenvalue weighted by Gasteiger charge is 2.22. The molecule has 1 heteroatoms. The molecule has 164 valence electrons. The Hall–Kier alpha value is -4.20. The SMILES string of the molecule is [2H]c1c([2H])c([2H])c(-c2sc3ccccc3c2-c2c3c([2H])ccc([2H])c3c(-c3ccccc3)c3c([2H])ccc([2H])c23)c([2H])c1[2H]. The van der Waals surface area contributed by atoms with Crippen molar-refractivity contribution in [2.75, 3.05) is 0 Å². The number of thiophene rings is 1. The Morgan fingerprint density at radius 1 is 0.429 bits per heavy atom. The minimum absolute atomic E-state index is 0.0303. The summed E-state index contributed by atoms with van der Waals surface area (Å²) in [5.41, 5.74) is 2.31. The normalized spacial score (nSPS) is 15.0. The maximum atomic E-state index is 9.18. The van der Waals surface area contributed by atoms with Crippen LogP contribution in [0.4, 0.5) is 0 Å². The molecule has 1 aromatic heterocycles. The number of benzene rings is 6. The number of fused-ring (bicyclic) bond motifs is 3. The minimum Gasteiger partial charge on any atom is -0.135 e. The van der Waals surface area contributed by atoms with Crippen LogP contribution in [-0.2, 0) is 0 Å². The third-order valence-corrected chi connectivity index (χ3v) is 7.40. The second-order valence-corrected chi connectivity index (χ2v) is 9.21. The lowest BCUT2D eigenvalue weighted by Crippen LogP contribution is -1.91. The van der Waals surface area contributed by atoms with Crippen molar-refractivity contribution in [2.45, 2.75) is 0 Å². The van der Waals surface area contributed by atoms with Crippen molar-refractivity contribution in [2.24, 2.45) is 0 Å². The van der Waals surface area contributed by atoms with Gasteiger partial charge >= 0.3 is 0 Å². The molecule has 0 aliphatic rings. The van der Waals surface area contributed by atoms with Crippen LogP contribution in [0.5, 0.6) is 0 Å². The molecule has 0 saturated heterocycles. The standard InChI is InChI=1S/C34H22S/c1-3-13-23(14-4-1)31-25-17-7-9-19-27(25)32(28-20-10-8-18-26(28)31)33-29-21-11-12-22-30(29)35-34(33)24-15-5-2-6-16-24/h1-22H/i2D,5D,6D,15D,16D,17D,18D,19D,20D. The molecule has 0 bridgehead atoms. The van der Waals surface area contributed by atoms with E-state index in [1.807, 2.05) is 54.6 Å². The summed E-state index contributed by atoms with van der Waals surface area (Å²) in [4.78, 5) is 0.405. The lowest BCUT2D eigenvalue weighted by Gasteiger charge is -2.18. The van der Waals surface area contributed by atoms with E-state index in [1.165, 1.54) is 11.3 Å². The predicted molar refractivity (Wildman–Crippen MR) is 153 cm³/mol. The molecule has 6 aromatic carbocycles. The molecule has 0 spiro atoms. The van der Waals surface area contributed by atoms with Gasteiger partial charge in [0.1, 0.15) is 0 Å². The molecule has 35 heavy (non-hydrogen) atoms. The van der Waals surface area contributed by atoms with Crippen LogP contribution in [0.1, 0.15) is 12.3 Å². The molecule has 1 heterocycles. The summed E-state index contributed by atoms with van der Waals surface area (Å²) in [7, 11) is 0. The van der Waals surface area contributed by atoms with Gasteiger partial charge < -0.3 is 0 Å². The molecule has 0 aliphatic heterocycles. The van der Waals surface area contributed by atoms with Crippen LogP contribution in [0.3, 0.4) is 0 Å². The maximum absolute atomic E-state index is 9.18. The van der Waals surface area contributed by atoms with Crippen LogP contribution in [0.15, 0.2) is 133 Å². The number of rotatable bonds is 3. The zero-order chi connectivity index (χ0) is 31.0. The molecular formula is C34H22S. The Balaban J connectivity index is 1.81. The number of hydrogen-bond donors (Lipinski definition) is 0. The second kappa shape index (κ2) is 8.23. The van der Waals surface area contributed by atoms with E-state index >= 15 is 0 Å². The highest BCUT2D eigenvalue weighted by atomic mass is 32.1. The summed E-state index contributed by atoms with van der Waals surface area (Å²) >= 11 is 1.28. The van der Waals surface area contributed by atoms with Crippen molar-refractivity contribution in [1.29, 1.82) is 0 Å². The van der Waals surface area contributed by atoms with Crippen molar-refractivity contribution < 1.29 is 12.3 Å². The van der Waals surface area contributed by atoms with Crippen molar-refractivity contribution >= 4 is 43.0 Å². The largest absolute Gasteiger partial charge is 0.135 e. The fourth-order valence-corrected chi connectivity index (χ4v) is 5.97. The highest BCUT2D eigenvalue weighted by molar-refractivity contribution is 7.23. The Morgan fingerprint density at radius 3 is 1.66 bits per heavy atom. The summed E-state index contributed by atoms with van der Waals surface area (Å²) in [6.07, 6.45) is 0. The van der Waals surface area contributed by atoms with Gasteiger partial charge in [0, 0.05) is 20.5 Å². The first kappa shape index (κ1) is 13.0. The van der Waals surface area contributed by atoms with Gasteiger partial charge in [0.2, 0.25) is 0 Å². The monoisotopic (exact) mass is 471 g/mol. The van der Waals surface area contributed by atoms with Crippen LogP contribution in [0.2, 0.25) is 0 Å². The summed E-state index contributed by atoms with van der Waals surface area (Å²) in [6, 6.07) is 21.5. The average molecular weight is 472 g/mol. The van der Waals surface area contributed by atoms with Crippen LogP contribution in [0.25, 0.3) is 64.3 Å². The molecule has 0 saturated carbocycles. The van der Waals surface area contributed by atoms with Crippen LogP contribution in [-0.4, -0.2) is 0 Å². The highest BCUT2D eigenvalue weighted by Crippen LogP contribution is 2.51. The lowest BCUT2D eigenvalue weighted by molar-refractivity contribution is 1.66. The van der Waals surface area contributed by atoms with E-state index in [4.69, 9.17) is 9.60 Å². The van der Waals surface area contributed by atoms with Crippen molar-refractivity contribution in [3.63, 3.8) is 0 Å². The van der Waals surface area contributed by atoms with Gasteiger partial charge in [0.15, 0.2) is 0 Å². The average Bonchev–Trinajstić information content (AvgIpc) is 3.40. The molecule has 0 amide bonds. The zero-order valence-electron chi connectivity index (χ0n) is 27.4. The van der Waals surface area contributed by atoms with E-state index < -0.39 is 18.1 Å². The minimum atomic E-state index is -0.492. The van der Waals surface area contributed by atoms with Crippen molar-refractivity contribution in [3.8, 4) is 32.7 Å².